The quantitative estimate of drug-likeness (QED) is 0.503. The number of hydrogen-bond acceptors (Lipinski definition) is 3. The molecule has 0 aliphatic heterocycles. The van der Waals surface area contributed by atoms with Crippen molar-refractivity contribution in [2.45, 2.75) is 20.8 Å². The van der Waals surface area contributed by atoms with Crippen LogP contribution in [0.25, 0.3) is 0 Å². The van der Waals surface area contributed by atoms with E-state index < -0.39 is 0 Å². The highest BCUT2D eigenvalue weighted by Crippen LogP contribution is 2.15. The molecule has 68 valence electrons. The Morgan fingerprint density at radius 2 is 2.17 bits per heavy atom. The lowest BCUT2D eigenvalue weighted by Gasteiger charge is -2.18. The zero-order chi connectivity index (χ0) is 9.61. The van der Waals surface area contributed by atoms with E-state index in [-0.39, 0.29) is 5.41 Å². The minimum Gasteiger partial charge on any atom is -0.478 e. The van der Waals surface area contributed by atoms with E-state index in [1.165, 1.54) is 11.8 Å². The van der Waals surface area contributed by atoms with Gasteiger partial charge in [0.05, 0.1) is 12.4 Å². The summed E-state index contributed by atoms with van der Waals surface area (Å²) in [6, 6.07) is 0. The van der Waals surface area contributed by atoms with Crippen molar-refractivity contribution in [1.29, 1.82) is 0 Å². The van der Waals surface area contributed by atoms with Crippen molar-refractivity contribution in [2.24, 2.45) is 5.41 Å². The molecule has 1 nitrogen and oxygen atoms in total. The van der Waals surface area contributed by atoms with Crippen molar-refractivity contribution < 1.29 is 4.74 Å². The van der Waals surface area contributed by atoms with Gasteiger partial charge < -0.3 is 4.74 Å². The monoisotopic (exact) mass is 202 g/mol. The molecule has 0 saturated carbocycles. The van der Waals surface area contributed by atoms with Gasteiger partial charge in [-0.15, -0.1) is 6.42 Å². The van der Waals surface area contributed by atoms with Crippen LogP contribution in [0.15, 0.2) is 0 Å². The molecule has 0 unspecified atom stereocenters. The minimum absolute atomic E-state index is 0.154. The van der Waals surface area contributed by atoms with Crippen LogP contribution in [0.1, 0.15) is 20.8 Å². The first kappa shape index (κ1) is 11.8. The van der Waals surface area contributed by atoms with Crippen molar-refractivity contribution in [1.82, 2.24) is 0 Å². The van der Waals surface area contributed by atoms with E-state index >= 15 is 0 Å². The van der Waals surface area contributed by atoms with Gasteiger partial charge in [-0.25, -0.2) is 0 Å². The molecule has 0 aromatic rings. The van der Waals surface area contributed by atoms with Gasteiger partial charge >= 0.3 is 0 Å². The van der Waals surface area contributed by atoms with Crippen LogP contribution in [-0.2, 0) is 4.74 Å². The number of thiocarbonyl (C=S) groups is 1. The summed E-state index contributed by atoms with van der Waals surface area (Å²) < 4.78 is 5.85. The predicted octanol–water partition coefficient (Wildman–Crippen LogP) is 2.70. The first-order valence-corrected chi connectivity index (χ1v) is 5.08. The van der Waals surface area contributed by atoms with E-state index in [0.717, 1.165) is 0 Å². The Morgan fingerprint density at radius 1 is 1.58 bits per heavy atom. The fraction of sp³-hybridized carbons (Fsp3) is 0.667. The molecule has 0 fully saturated rings. The molecule has 0 saturated heterocycles. The molecule has 0 rings (SSSR count). The molecule has 0 aliphatic carbocycles. The topological polar surface area (TPSA) is 9.23 Å². The van der Waals surface area contributed by atoms with Crippen LogP contribution >= 0.6 is 24.0 Å². The molecule has 3 heteroatoms. The second kappa shape index (κ2) is 5.45. The lowest BCUT2D eigenvalue weighted by atomic mass is 9.99. The highest BCUT2D eigenvalue weighted by molar-refractivity contribution is 8.22. The van der Waals surface area contributed by atoms with Gasteiger partial charge in [0.1, 0.15) is 0 Å². The van der Waals surface area contributed by atoms with Crippen molar-refractivity contribution in [2.75, 3.05) is 12.4 Å². The Balaban J connectivity index is 3.53. The SMILES string of the molecule is C#CCSC(=S)OCC(C)(C)C. The van der Waals surface area contributed by atoms with Crippen LogP contribution in [0, 0.1) is 17.8 Å². The third-order valence-corrected chi connectivity index (χ3v) is 2.03. The molecule has 0 aliphatic rings. The molecule has 12 heavy (non-hydrogen) atoms. The van der Waals surface area contributed by atoms with Gasteiger partial charge in [-0.2, -0.15) is 0 Å². The Bertz CT molecular complexity index is 186. The van der Waals surface area contributed by atoms with E-state index in [2.05, 4.69) is 26.7 Å². The fourth-order valence-corrected chi connectivity index (χ4v) is 0.997. The summed E-state index contributed by atoms with van der Waals surface area (Å²) in [5.41, 5.74) is 0.154. The van der Waals surface area contributed by atoms with Gasteiger partial charge in [-0.05, 0) is 17.6 Å². The van der Waals surface area contributed by atoms with E-state index in [1.54, 1.807) is 0 Å². The van der Waals surface area contributed by atoms with Crippen molar-refractivity contribution in [3.63, 3.8) is 0 Å². The van der Waals surface area contributed by atoms with Crippen LogP contribution < -0.4 is 0 Å². The minimum atomic E-state index is 0.154. The zero-order valence-corrected chi connectivity index (χ0v) is 9.35. The largest absolute Gasteiger partial charge is 0.478 e. The van der Waals surface area contributed by atoms with E-state index in [9.17, 15) is 0 Å². The highest BCUT2D eigenvalue weighted by atomic mass is 32.2. The maximum atomic E-state index is 5.31. The number of hydrogen-bond donors (Lipinski definition) is 0. The van der Waals surface area contributed by atoms with Gasteiger partial charge in [0, 0.05) is 0 Å². The van der Waals surface area contributed by atoms with Crippen LogP contribution in [0.3, 0.4) is 0 Å². The first-order valence-electron chi connectivity index (χ1n) is 3.69. The molecule has 0 N–H and O–H groups in total. The lowest BCUT2D eigenvalue weighted by Crippen LogP contribution is -2.16. The smallest absolute Gasteiger partial charge is 0.220 e. The van der Waals surface area contributed by atoms with Crippen LogP contribution in [0.5, 0.6) is 0 Å². The fourth-order valence-electron chi connectivity index (χ4n) is 0.418. The number of terminal acetylenes is 1. The summed E-state index contributed by atoms with van der Waals surface area (Å²) in [7, 11) is 0. The summed E-state index contributed by atoms with van der Waals surface area (Å²) in [4.78, 5) is 0. The summed E-state index contributed by atoms with van der Waals surface area (Å²) in [6.45, 7) is 6.94. The summed E-state index contributed by atoms with van der Waals surface area (Å²) in [6.07, 6.45) is 5.07. The third kappa shape index (κ3) is 7.90. The van der Waals surface area contributed by atoms with Gasteiger partial charge in [-0.3, -0.25) is 0 Å². The standard InChI is InChI=1S/C9H14OS2/c1-5-6-12-8(11)10-7-9(2,3)4/h1H,6-7H2,2-4H3. The number of rotatable bonds is 2. The van der Waals surface area contributed by atoms with Gasteiger partial charge in [-0.1, -0.05) is 38.5 Å². The summed E-state index contributed by atoms with van der Waals surface area (Å²) >= 11 is 6.32. The average molecular weight is 202 g/mol. The molecule has 0 bridgehead atoms. The van der Waals surface area contributed by atoms with Gasteiger partial charge in [0.2, 0.25) is 4.38 Å². The molecular formula is C9H14OS2. The first-order chi connectivity index (χ1) is 5.45. The van der Waals surface area contributed by atoms with Crippen molar-refractivity contribution in [3.05, 3.63) is 0 Å². The van der Waals surface area contributed by atoms with Crippen LogP contribution in [-0.4, -0.2) is 16.7 Å². The molecule has 0 aromatic carbocycles. The zero-order valence-electron chi connectivity index (χ0n) is 7.72. The van der Waals surface area contributed by atoms with Crippen molar-refractivity contribution in [3.8, 4) is 12.3 Å². The molecular weight excluding hydrogens is 188 g/mol. The Labute approximate surface area is 84.3 Å². The second-order valence-corrected chi connectivity index (χ2v) is 5.17. The maximum Gasteiger partial charge on any atom is 0.220 e. The van der Waals surface area contributed by atoms with Gasteiger partial charge in [0.25, 0.3) is 0 Å². The molecule has 0 atom stereocenters. The molecule has 0 spiro atoms. The Hall–Kier alpha value is -0.200. The van der Waals surface area contributed by atoms with E-state index in [0.29, 0.717) is 16.7 Å². The second-order valence-electron chi connectivity index (χ2n) is 3.59. The van der Waals surface area contributed by atoms with Crippen LogP contribution in [0.2, 0.25) is 0 Å². The van der Waals surface area contributed by atoms with Gasteiger partial charge in [0.15, 0.2) is 0 Å². The number of thioether (sulfide) groups is 1. The third-order valence-electron chi connectivity index (χ3n) is 0.896. The summed E-state index contributed by atoms with van der Waals surface area (Å²) in [5, 5.41) is 0. The lowest BCUT2D eigenvalue weighted by molar-refractivity contribution is 0.197. The predicted molar refractivity (Wildman–Crippen MR) is 59.3 cm³/mol. The Morgan fingerprint density at radius 3 is 2.58 bits per heavy atom. The maximum absolute atomic E-state index is 5.31. The Kier molecular flexibility index (Phi) is 5.36. The molecule has 0 radical (unpaired) electrons. The number of ether oxygens (including phenoxy) is 1. The molecule has 0 aromatic heterocycles. The van der Waals surface area contributed by atoms with Crippen LogP contribution in [0.4, 0.5) is 0 Å². The van der Waals surface area contributed by atoms with E-state index in [1.807, 2.05) is 0 Å². The normalized spacial score (nSPS) is 10.5. The molecule has 0 amide bonds. The average Bonchev–Trinajstić information content (AvgIpc) is 1.95. The highest BCUT2D eigenvalue weighted by Gasteiger charge is 2.11. The molecule has 0 heterocycles. The van der Waals surface area contributed by atoms with E-state index in [4.69, 9.17) is 23.4 Å². The van der Waals surface area contributed by atoms with Crippen molar-refractivity contribution >= 4 is 28.4 Å². The summed E-state index contributed by atoms with van der Waals surface area (Å²) in [5.74, 6) is 3.08.